The molecule has 1 aromatic heterocycles. The highest BCUT2D eigenvalue weighted by Gasteiger charge is 2.01. The average molecular weight is 292 g/mol. The van der Waals surface area contributed by atoms with E-state index in [1.165, 1.54) is 0 Å². The summed E-state index contributed by atoms with van der Waals surface area (Å²) in [4.78, 5) is 4.40. The van der Waals surface area contributed by atoms with Gasteiger partial charge in [0.25, 0.3) is 0 Å². The smallest absolute Gasteiger partial charge is 0.130 e. The van der Waals surface area contributed by atoms with E-state index in [9.17, 15) is 0 Å². The van der Waals surface area contributed by atoms with Crippen LogP contribution < -0.4 is 4.74 Å². The van der Waals surface area contributed by atoms with Gasteiger partial charge in [-0.15, -0.1) is 0 Å². The standard InChI is InChI=1S/C14H14BrNO/c1-10-8-12(15)6-7-14(10)17-9-13-5-3-4-11(2)16-13/h3-8H,9H2,1-2H3. The lowest BCUT2D eigenvalue weighted by Gasteiger charge is -2.09. The molecule has 0 N–H and O–H groups in total. The minimum Gasteiger partial charge on any atom is -0.487 e. The van der Waals surface area contributed by atoms with Crippen LogP contribution in [0.1, 0.15) is 17.0 Å². The summed E-state index contributed by atoms with van der Waals surface area (Å²) in [5.41, 5.74) is 3.08. The van der Waals surface area contributed by atoms with Gasteiger partial charge in [-0.05, 0) is 49.7 Å². The first-order valence-corrected chi connectivity index (χ1v) is 6.26. The van der Waals surface area contributed by atoms with Crippen LogP contribution in [0.2, 0.25) is 0 Å². The van der Waals surface area contributed by atoms with Crippen molar-refractivity contribution in [2.45, 2.75) is 20.5 Å². The van der Waals surface area contributed by atoms with Crippen molar-refractivity contribution >= 4 is 15.9 Å². The van der Waals surface area contributed by atoms with E-state index in [-0.39, 0.29) is 0 Å². The molecule has 2 aromatic rings. The number of nitrogens with zero attached hydrogens (tertiary/aromatic N) is 1. The number of hydrogen-bond acceptors (Lipinski definition) is 2. The van der Waals surface area contributed by atoms with Crippen LogP contribution in [0.5, 0.6) is 5.75 Å². The monoisotopic (exact) mass is 291 g/mol. The molecule has 3 heteroatoms. The Morgan fingerprint density at radius 2 is 2.00 bits per heavy atom. The molecule has 0 amide bonds. The molecule has 0 fully saturated rings. The summed E-state index contributed by atoms with van der Waals surface area (Å²) in [6, 6.07) is 11.9. The summed E-state index contributed by atoms with van der Waals surface area (Å²) < 4.78 is 6.82. The normalized spacial score (nSPS) is 10.3. The van der Waals surface area contributed by atoms with Crippen LogP contribution in [0.25, 0.3) is 0 Å². The second-order valence-electron chi connectivity index (χ2n) is 3.97. The van der Waals surface area contributed by atoms with Gasteiger partial charge in [0.1, 0.15) is 12.4 Å². The third-order valence-electron chi connectivity index (χ3n) is 2.46. The van der Waals surface area contributed by atoms with E-state index in [1.54, 1.807) is 0 Å². The molecule has 0 radical (unpaired) electrons. The average Bonchev–Trinajstić information content (AvgIpc) is 2.28. The zero-order valence-corrected chi connectivity index (χ0v) is 11.5. The molecule has 0 spiro atoms. The fourth-order valence-corrected chi connectivity index (χ4v) is 2.08. The number of benzene rings is 1. The molecule has 2 rings (SSSR count). The molecule has 0 saturated carbocycles. The van der Waals surface area contributed by atoms with Gasteiger partial charge in [0.15, 0.2) is 0 Å². The maximum absolute atomic E-state index is 5.75. The first-order valence-electron chi connectivity index (χ1n) is 5.46. The van der Waals surface area contributed by atoms with Gasteiger partial charge in [-0.1, -0.05) is 22.0 Å². The highest BCUT2D eigenvalue weighted by atomic mass is 79.9. The van der Waals surface area contributed by atoms with E-state index >= 15 is 0 Å². The molecule has 0 atom stereocenters. The maximum atomic E-state index is 5.75. The highest BCUT2D eigenvalue weighted by Crippen LogP contribution is 2.22. The molecule has 17 heavy (non-hydrogen) atoms. The third kappa shape index (κ3) is 3.30. The van der Waals surface area contributed by atoms with E-state index in [1.807, 2.05) is 50.2 Å². The van der Waals surface area contributed by atoms with Gasteiger partial charge in [0.2, 0.25) is 0 Å². The molecule has 2 nitrogen and oxygen atoms in total. The number of halogens is 1. The number of aromatic nitrogens is 1. The third-order valence-corrected chi connectivity index (χ3v) is 2.95. The molecule has 88 valence electrons. The minimum absolute atomic E-state index is 0.504. The van der Waals surface area contributed by atoms with Crippen molar-refractivity contribution in [3.05, 3.63) is 57.8 Å². The Morgan fingerprint density at radius 3 is 2.71 bits per heavy atom. The van der Waals surface area contributed by atoms with Crippen LogP contribution >= 0.6 is 15.9 Å². The first-order chi connectivity index (χ1) is 8.15. The molecular formula is C14H14BrNO. The van der Waals surface area contributed by atoms with Gasteiger partial charge in [0, 0.05) is 10.2 Å². The molecule has 0 aliphatic carbocycles. The zero-order valence-electron chi connectivity index (χ0n) is 9.90. The Labute approximate surface area is 110 Å². The largest absolute Gasteiger partial charge is 0.487 e. The van der Waals surface area contributed by atoms with Crippen LogP contribution in [0.3, 0.4) is 0 Å². The summed E-state index contributed by atoms with van der Waals surface area (Å²) in [6.07, 6.45) is 0. The Balaban J connectivity index is 2.07. The number of pyridine rings is 1. The van der Waals surface area contributed by atoms with Crippen molar-refractivity contribution in [3.8, 4) is 5.75 Å². The number of ether oxygens (including phenoxy) is 1. The van der Waals surface area contributed by atoms with Crippen LogP contribution in [0.15, 0.2) is 40.9 Å². The lowest BCUT2D eigenvalue weighted by atomic mass is 10.2. The Morgan fingerprint density at radius 1 is 1.18 bits per heavy atom. The summed E-state index contributed by atoms with van der Waals surface area (Å²) in [6.45, 7) is 4.52. The number of hydrogen-bond donors (Lipinski definition) is 0. The fraction of sp³-hybridized carbons (Fsp3) is 0.214. The van der Waals surface area contributed by atoms with Crippen LogP contribution in [0.4, 0.5) is 0 Å². The summed E-state index contributed by atoms with van der Waals surface area (Å²) in [7, 11) is 0. The SMILES string of the molecule is Cc1cccc(COc2ccc(Br)cc2C)n1. The van der Waals surface area contributed by atoms with Crippen molar-refractivity contribution < 1.29 is 4.74 Å². The van der Waals surface area contributed by atoms with Crippen molar-refractivity contribution in [1.82, 2.24) is 4.98 Å². The molecule has 0 aliphatic heterocycles. The number of rotatable bonds is 3. The molecule has 1 aromatic carbocycles. The van der Waals surface area contributed by atoms with Gasteiger partial charge in [0.05, 0.1) is 5.69 Å². The second kappa shape index (κ2) is 5.32. The minimum atomic E-state index is 0.504. The van der Waals surface area contributed by atoms with Crippen LogP contribution in [0, 0.1) is 13.8 Å². The fourth-order valence-electron chi connectivity index (χ4n) is 1.61. The predicted octanol–water partition coefficient (Wildman–Crippen LogP) is 4.04. The first kappa shape index (κ1) is 12.1. The van der Waals surface area contributed by atoms with Crippen LogP contribution in [-0.4, -0.2) is 4.98 Å². The Hall–Kier alpha value is -1.35. The lowest BCUT2D eigenvalue weighted by Crippen LogP contribution is -2.00. The van der Waals surface area contributed by atoms with Crippen molar-refractivity contribution in [2.75, 3.05) is 0 Å². The summed E-state index contributed by atoms with van der Waals surface area (Å²) in [5, 5.41) is 0. The Bertz CT molecular complexity index is 525. The van der Waals surface area contributed by atoms with E-state index in [0.29, 0.717) is 6.61 Å². The van der Waals surface area contributed by atoms with Gasteiger partial charge in [-0.25, -0.2) is 0 Å². The quantitative estimate of drug-likeness (QED) is 0.851. The van der Waals surface area contributed by atoms with E-state index in [0.717, 1.165) is 27.2 Å². The van der Waals surface area contributed by atoms with Gasteiger partial charge < -0.3 is 4.74 Å². The van der Waals surface area contributed by atoms with Gasteiger partial charge in [-0.2, -0.15) is 0 Å². The molecular weight excluding hydrogens is 278 g/mol. The predicted molar refractivity (Wildman–Crippen MR) is 72.2 cm³/mol. The maximum Gasteiger partial charge on any atom is 0.130 e. The molecule has 0 bridgehead atoms. The van der Waals surface area contributed by atoms with E-state index in [2.05, 4.69) is 20.9 Å². The van der Waals surface area contributed by atoms with E-state index in [4.69, 9.17) is 4.74 Å². The molecule has 1 heterocycles. The summed E-state index contributed by atoms with van der Waals surface area (Å²) >= 11 is 3.43. The summed E-state index contributed by atoms with van der Waals surface area (Å²) in [5.74, 6) is 0.900. The van der Waals surface area contributed by atoms with Crippen molar-refractivity contribution in [3.63, 3.8) is 0 Å². The van der Waals surface area contributed by atoms with Crippen molar-refractivity contribution in [1.29, 1.82) is 0 Å². The van der Waals surface area contributed by atoms with Crippen LogP contribution in [-0.2, 0) is 6.61 Å². The number of aryl methyl sites for hydroxylation is 2. The lowest BCUT2D eigenvalue weighted by molar-refractivity contribution is 0.299. The molecule has 0 unspecified atom stereocenters. The molecule has 0 saturated heterocycles. The van der Waals surface area contributed by atoms with Gasteiger partial charge in [-0.3, -0.25) is 4.98 Å². The molecule has 0 aliphatic rings. The highest BCUT2D eigenvalue weighted by molar-refractivity contribution is 9.10. The second-order valence-corrected chi connectivity index (χ2v) is 4.88. The van der Waals surface area contributed by atoms with E-state index < -0.39 is 0 Å². The Kier molecular flexibility index (Phi) is 3.79. The van der Waals surface area contributed by atoms with Gasteiger partial charge >= 0.3 is 0 Å². The van der Waals surface area contributed by atoms with Crippen molar-refractivity contribution in [2.24, 2.45) is 0 Å². The topological polar surface area (TPSA) is 22.1 Å². The zero-order chi connectivity index (χ0) is 12.3.